The van der Waals surface area contributed by atoms with E-state index in [-0.39, 0.29) is 17.9 Å². The van der Waals surface area contributed by atoms with E-state index in [0.29, 0.717) is 12.0 Å². The molecule has 2 heterocycles. The largest absolute Gasteiger partial charge is 0.342 e. The lowest BCUT2D eigenvalue weighted by Gasteiger charge is -2.35. The zero-order valence-corrected chi connectivity index (χ0v) is 12.7. The molecule has 3 rings (SSSR count). The highest BCUT2D eigenvalue weighted by Crippen LogP contribution is 2.26. The number of rotatable bonds is 3. The van der Waals surface area contributed by atoms with Gasteiger partial charge in [-0.15, -0.1) is 0 Å². The highest BCUT2D eigenvalue weighted by Gasteiger charge is 2.29. The van der Waals surface area contributed by atoms with Crippen LogP contribution in [0.5, 0.6) is 0 Å². The van der Waals surface area contributed by atoms with Gasteiger partial charge in [0.1, 0.15) is 11.6 Å². The van der Waals surface area contributed by atoms with Gasteiger partial charge in [-0.3, -0.25) is 4.79 Å². The first kappa shape index (κ1) is 15.4. The van der Waals surface area contributed by atoms with E-state index in [4.69, 9.17) is 0 Å². The number of amides is 1. The molecule has 1 amide bonds. The number of nitrogens with zero attached hydrogens (tertiary/aromatic N) is 1. The van der Waals surface area contributed by atoms with Crippen molar-refractivity contribution in [2.45, 2.75) is 38.1 Å². The van der Waals surface area contributed by atoms with Crippen LogP contribution in [0.4, 0.5) is 8.78 Å². The predicted octanol–water partition coefficient (Wildman–Crippen LogP) is 2.50. The van der Waals surface area contributed by atoms with Gasteiger partial charge in [0.2, 0.25) is 5.91 Å². The van der Waals surface area contributed by atoms with Gasteiger partial charge in [0.05, 0.1) is 6.42 Å². The van der Waals surface area contributed by atoms with Gasteiger partial charge >= 0.3 is 0 Å². The van der Waals surface area contributed by atoms with Crippen LogP contribution in [0, 0.1) is 17.6 Å². The minimum atomic E-state index is -0.640. The molecular weight excluding hydrogens is 286 g/mol. The minimum absolute atomic E-state index is 0.0124. The van der Waals surface area contributed by atoms with Crippen LogP contribution in [-0.2, 0) is 11.2 Å². The average molecular weight is 308 g/mol. The van der Waals surface area contributed by atoms with Crippen molar-refractivity contribution < 1.29 is 13.6 Å². The van der Waals surface area contributed by atoms with Crippen LogP contribution in [0.2, 0.25) is 0 Å². The van der Waals surface area contributed by atoms with Crippen LogP contribution >= 0.6 is 0 Å². The number of carbonyl (C=O) groups excluding carboxylic acids is 1. The summed E-state index contributed by atoms with van der Waals surface area (Å²) in [7, 11) is 0. The Morgan fingerprint density at radius 3 is 2.64 bits per heavy atom. The van der Waals surface area contributed by atoms with Gasteiger partial charge < -0.3 is 10.2 Å². The first-order chi connectivity index (χ1) is 10.6. The monoisotopic (exact) mass is 308 g/mol. The third kappa shape index (κ3) is 3.46. The van der Waals surface area contributed by atoms with Gasteiger partial charge in [-0.05, 0) is 49.8 Å². The molecule has 120 valence electrons. The summed E-state index contributed by atoms with van der Waals surface area (Å²) in [5.41, 5.74) is 0.269. The average Bonchev–Trinajstić information content (AvgIpc) is 3.04. The molecule has 0 bridgehead atoms. The molecule has 1 aromatic carbocycles. The van der Waals surface area contributed by atoms with Crippen LogP contribution in [-0.4, -0.2) is 36.5 Å². The lowest BCUT2D eigenvalue weighted by molar-refractivity contribution is -0.132. The van der Waals surface area contributed by atoms with E-state index in [2.05, 4.69) is 5.32 Å². The van der Waals surface area contributed by atoms with Gasteiger partial charge in [-0.25, -0.2) is 8.78 Å². The number of likely N-dealkylation sites (tertiary alicyclic amines) is 1. The first-order valence-corrected chi connectivity index (χ1v) is 8.08. The standard InChI is InChI=1S/C17H22F2N2O/c18-14-4-3-13(15(19)11-14)10-17(22)21-8-5-12(6-9-21)16-2-1-7-20-16/h3-4,11-12,16,20H,1-2,5-10H2. The maximum absolute atomic E-state index is 13.6. The SMILES string of the molecule is O=C(Cc1ccc(F)cc1F)N1CCC(C2CCCN2)CC1. The second-order valence-corrected chi connectivity index (χ2v) is 6.33. The third-order valence-corrected chi connectivity index (χ3v) is 4.92. The number of benzene rings is 1. The number of carbonyl (C=O) groups is 1. The summed E-state index contributed by atoms with van der Waals surface area (Å²) in [4.78, 5) is 14.1. The quantitative estimate of drug-likeness (QED) is 0.930. The number of hydrogen-bond acceptors (Lipinski definition) is 2. The van der Waals surface area contributed by atoms with E-state index in [0.717, 1.165) is 38.5 Å². The summed E-state index contributed by atoms with van der Waals surface area (Å²) >= 11 is 0. The van der Waals surface area contributed by atoms with Crippen molar-refractivity contribution in [2.24, 2.45) is 5.92 Å². The number of halogens is 2. The molecule has 0 spiro atoms. The normalized spacial score (nSPS) is 23.0. The maximum atomic E-state index is 13.6. The molecule has 2 aliphatic rings. The van der Waals surface area contributed by atoms with E-state index >= 15 is 0 Å². The summed E-state index contributed by atoms with van der Waals surface area (Å²) in [6.07, 6.45) is 4.51. The molecule has 0 aliphatic carbocycles. The molecule has 0 aromatic heterocycles. The summed E-state index contributed by atoms with van der Waals surface area (Å²) < 4.78 is 26.5. The number of nitrogens with one attached hydrogen (secondary N) is 1. The van der Waals surface area contributed by atoms with Crippen molar-refractivity contribution in [3.8, 4) is 0 Å². The summed E-state index contributed by atoms with van der Waals surface area (Å²) in [5, 5.41) is 3.53. The molecule has 1 N–H and O–H groups in total. The van der Waals surface area contributed by atoms with Crippen LogP contribution in [0.15, 0.2) is 18.2 Å². The Balaban J connectivity index is 1.53. The molecule has 1 aromatic rings. The molecule has 2 aliphatic heterocycles. The lowest BCUT2D eigenvalue weighted by Crippen LogP contribution is -2.43. The molecule has 3 nitrogen and oxygen atoms in total. The minimum Gasteiger partial charge on any atom is -0.342 e. The number of hydrogen-bond donors (Lipinski definition) is 1. The molecule has 1 unspecified atom stereocenters. The Bertz CT molecular complexity index is 535. The topological polar surface area (TPSA) is 32.3 Å². The van der Waals surface area contributed by atoms with Crippen molar-refractivity contribution in [1.82, 2.24) is 10.2 Å². The van der Waals surface area contributed by atoms with Gasteiger partial charge in [0.25, 0.3) is 0 Å². The van der Waals surface area contributed by atoms with Gasteiger partial charge in [0.15, 0.2) is 0 Å². The Morgan fingerprint density at radius 1 is 1.23 bits per heavy atom. The molecule has 2 saturated heterocycles. The summed E-state index contributed by atoms with van der Waals surface area (Å²) in [5.74, 6) is -0.672. The van der Waals surface area contributed by atoms with Crippen molar-refractivity contribution in [2.75, 3.05) is 19.6 Å². The fourth-order valence-corrected chi connectivity index (χ4v) is 3.60. The molecule has 22 heavy (non-hydrogen) atoms. The molecule has 0 saturated carbocycles. The lowest BCUT2D eigenvalue weighted by atomic mass is 9.88. The molecule has 5 heteroatoms. The highest BCUT2D eigenvalue weighted by atomic mass is 19.1. The second kappa shape index (κ2) is 6.73. The zero-order chi connectivity index (χ0) is 15.5. The maximum Gasteiger partial charge on any atom is 0.227 e. The molecule has 2 fully saturated rings. The third-order valence-electron chi connectivity index (χ3n) is 4.92. The molecule has 0 radical (unpaired) electrons. The van der Waals surface area contributed by atoms with Crippen LogP contribution in [0.1, 0.15) is 31.2 Å². The number of piperidine rings is 1. The van der Waals surface area contributed by atoms with Gasteiger partial charge in [-0.2, -0.15) is 0 Å². The van der Waals surface area contributed by atoms with Crippen molar-refractivity contribution in [1.29, 1.82) is 0 Å². The molecular formula is C17H22F2N2O. The Kier molecular flexibility index (Phi) is 4.71. The Labute approximate surface area is 129 Å². The van der Waals surface area contributed by atoms with E-state index in [1.54, 1.807) is 0 Å². The van der Waals surface area contributed by atoms with E-state index in [1.807, 2.05) is 4.90 Å². The predicted molar refractivity (Wildman–Crippen MR) is 80.4 cm³/mol. The Morgan fingerprint density at radius 2 is 2.00 bits per heavy atom. The Hall–Kier alpha value is -1.49. The first-order valence-electron chi connectivity index (χ1n) is 8.08. The smallest absolute Gasteiger partial charge is 0.227 e. The summed E-state index contributed by atoms with van der Waals surface area (Å²) in [6, 6.07) is 3.99. The second-order valence-electron chi connectivity index (χ2n) is 6.33. The van der Waals surface area contributed by atoms with E-state index in [1.165, 1.54) is 25.0 Å². The van der Waals surface area contributed by atoms with Crippen molar-refractivity contribution >= 4 is 5.91 Å². The van der Waals surface area contributed by atoms with Crippen LogP contribution in [0.25, 0.3) is 0 Å². The van der Waals surface area contributed by atoms with Crippen molar-refractivity contribution in [3.63, 3.8) is 0 Å². The van der Waals surface area contributed by atoms with E-state index in [9.17, 15) is 13.6 Å². The highest BCUT2D eigenvalue weighted by molar-refractivity contribution is 5.78. The molecule has 1 atom stereocenters. The van der Waals surface area contributed by atoms with Crippen molar-refractivity contribution in [3.05, 3.63) is 35.4 Å². The fraction of sp³-hybridized carbons (Fsp3) is 0.588. The zero-order valence-electron chi connectivity index (χ0n) is 12.7. The van der Waals surface area contributed by atoms with Crippen LogP contribution in [0.3, 0.4) is 0 Å². The van der Waals surface area contributed by atoms with Crippen LogP contribution < -0.4 is 5.32 Å². The summed E-state index contributed by atoms with van der Waals surface area (Å²) in [6.45, 7) is 2.59. The van der Waals surface area contributed by atoms with Gasteiger partial charge in [0, 0.05) is 25.2 Å². The van der Waals surface area contributed by atoms with Gasteiger partial charge in [-0.1, -0.05) is 6.07 Å². The van der Waals surface area contributed by atoms with E-state index < -0.39 is 11.6 Å². The fourth-order valence-electron chi connectivity index (χ4n) is 3.60.